The van der Waals surface area contributed by atoms with Crippen molar-refractivity contribution in [3.8, 4) is 0 Å². The molecule has 0 amide bonds. The summed E-state index contributed by atoms with van der Waals surface area (Å²) in [5.74, 6) is 0.612. The number of rotatable bonds is 7. The topological polar surface area (TPSA) is 66.6 Å². The summed E-state index contributed by atoms with van der Waals surface area (Å²) in [5.41, 5.74) is 5.87. The highest BCUT2D eigenvalue weighted by Crippen LogP contribution is 2.08. The lowest BCUT2D eigenvalue weighted by Gasteiger charge is -2.06. The summed E-state index contributed by atoms with van der Waals surface area (Å²) in [4.78, 5) is 13.6. The van der Waals surface area contributed by atoms with Gasteiger partial charge in [0.2, 0.25) is 0 Å². The highest BCUT2D eigenvalue weighted by Gasteiger charge is 2.06. The van der Waals surface area contributed by atoms with Crippen LogP contribution in [-0.2, 0) is 12.4 Å². The van der Waals surface area contributed by atoms with Crippen molar-refractivity contribution in [2.75, 3.05) is 10.6 Å². The number of aromatic nitrogens is 4. The van der Waals surface area contributed by atoms with Gasteiger partial charge < -0.3 is 10.6 Å². The van der Waals surface area contributed by atoms with Crippen molar-refractivity contribution in [1.29, 1.82) is 0 Å². The van der Waals surface area contributed by atoms with Crippen LogP contribution in [0.4, 0.5) is 11.4 Å². The van der Waals surface area contributed by atoms with Gasteiger partial charge in [0.1, 0.15) is 9.98 Å². The third-order valence-electron chi connectivity index (χ3n) is 6.09. The number of thiocarbonyl (C=S) groups is 2. The molecule has 0 aliphatic heterocycles. The third kappa shape index (κ3) is 14.9. The first-order valence-corrected chi connectivity index (χ1v) is 15.4. The van der Waals surface area contributed by atoms with Crippen LogP contribution in [0.2, 0.25) is 0 Å². The standard InChI is InChI=1S/C18H15N3S.C11H9N3S.C7H7Cl.2CH4.ClH/c22-18(17-8-4-5-11-19-17)20-16-9-12-21(13-10-16)14-15-6-2-1-3-7-15;15-11(10-3-1-2-6-13-10)14-9-4-7-12-8-5-9;8-6-7-4-2-1-3-5-7;;;/h1-13H,14H2;1-8H,(H,12,14,15);1-5H,6H2;2*1H4;1H/p+1. The number of benzene rings is 2. The number of nitrogens with zero attached hydrogens (tertiary/aromatic N) is 4. The molecule has 0 saturated heterocycles. The van der Waals surface area contributed by atoms with E-state index < -0.39 is 0 Å². The van der Waals surface area contributed by atoms with Crippen LogP contribution in [0, 0.1) is 0 Å². The molecule has 248 valence electrons. The maximum absolute atomic E-state index is 5.53. The van der Waals surface area contributed by atoms with E-state index in [1.54, 1.807) is 24.8 Å². The Balaban J connectivity index is 0.000000386. The lowest BCUT2D eigenvalue weighted by Crippen LogP contribution is -2.33. The van der Waals surface area contributed by atoms with Crippen LogP contribution in [0.3, 0.4) is 0 Å². The van der Waals surface area contributed by atoms with Crippen molar-refractivity contribution >= 4 is 69.8 Å². The molecule has 0 radical (unpaired) electrons. The molecule has 6 aromatic rings. The molecule has 0 unspecified atom stereocenters. The van der Waals surface area contributed by atoms with E-state index in [-0.39, 0.29) is 27.3 Å². The number of pyridine rings is 4. The SMILES string of the molecule is C.C.Cl.ClCc1ccccc1.S=C(Nc1cc[n+](Cc2ccccc2)cc1)c1ccccn1.S=C(Nc1ccncc1)c1ccccn1. The summed E-state index contributed by atoms with van der Waals surface area (Å²) in [5, 5.41) is 6.29. The lowest BCUT2D eigenvalue weighted by atomic mass is 10.2. The zero-order valence-electron chi connectivity index (χ0n) is 24.8. The van der Waals surface area contributed by atoms with Crippen molar-refractivity contribution in [2.24, 2.45) is 0 Å². The van der Waals surface area contributed by atoms with Crippen LogP contribution < -0.4 is 15.2 Å². The molecule has 0 fully saturated rings. The van der Waals surface area contributed by atoms with Crippen molar-refractivity contribution in [3.05, 3.63) is 181 Å². The van der Waals surface area contributed by atoms with Crippen molar-refractivity contribution in [2.45, 2.75) is 27.3 Å². The Morgan fingerprint density at radius 3 is 1.42 bits per heavy atom. The highest BCUT2D eigenvalue weighted by molar-refractivity contribution is 7.81. The van der Waals surface area contributed by atoms with Gasteiger partial charge in [-0.2, -0.15) is 0 Å². The van der Waals surface area contributed by atoms with E-state index in [0.29, 0.717) is 15.9 Å². The fourth-order valence-electron chi connectivity index (χ4n) is 3.83. The molecule has 6 rings (SSSR count). The van der Waals surface area contributed by atoms with Gasteiger partial charge in [0.15, 0.2) is 18.9 Å². The predicted octanol–water partition coefficient (Wildman–Crippen LogP) is 9.59. The average Bonchev–Trinajstić information content (AvgIpc) is 3.12. The van der Waals surface area contributed by atoms with Crippen LogP contribution in [0.25, 0.3) is 0 Å². The van der Waals surface area contributed by atoms with Gasteiger partial charge in [0.05, 0.1) is 17.1 Å². The van der Waals surface area contributed by atoms with E-state index >= 15 is 0 Å². The van der Waals surface area contributed by atoms with Gasteiger partial charge in [-0.25, -0.2) is 4.57 Å². The highest BCUT2D eigenvalue weighted by atomic mass is 35.5. The zero-order chi connectivity index (χ0) is 31.5. The van der Waals surface area contributed by atoms with Crippen LogP contribution in [0.1, 0.15) is 37.4 Å². The number of hydrogen-bond acceptors (Lipinski definition) is 5. The Kier molecular flexibility index (Phi) is 20.4. The first kappa shape index (κ1) is 41.4. The van der Waals surface area contributed by atoms with E-state index in [4.69, 9.17) is 36.0 Å². The summed E-state index contributed by atoms with van der Waals surface area (Å²) in [6.45, 7) is 0.853. The Labute approximate surface area is 306 Å². The molecule has 0 spiro atoms. The van der Waals surface area contributed by atoms with E-state index in [0.717, 1.165) is 29.3 Å². The summed E-state index contributed by atoms with van der Waals surface area (Å²) in [7, 11) is 0. The Hall–Kier alpha value is -4.60. The van der Waals surface area contributed by atoms with Crippen molar-refractivity contribution < 1.29 is 4.57 Å². The number of hydrogen-bond donors (Lipinski definition) is 2. The minimum atomic E-state index is 0. The molecule has 10 heteroatoms. The molecule has 48 heavy (non-hydrogen) atoms. The fraction of sp³-hybridized carbons (Fsp3) is 0.105. The minimum Gasteiger partial charge on any atom is -0.345 e. The summed E-state index contributed by atoms with van der Waals surface area (Å²) in [6.07, 6.45) is 11.0. The number of alkyl halides is 1. The van der Waals surface area contributed by atoms with Crippen LogP contribution in [0.15, 0.2) is 159 Å². The first-order valence-electron chi connectivity index (χ1n) is 14.1. The van der Waals surface area contributed by atoms with Crippen molar-refractivity contribution in [1.82, 2.24) is 15.0 Å². The van der Waals surface area contributed by atoms with E-state index in [1.165, 1.54) is 11.1 Å². The fourth-order valence-corrected chi connectivity index (χ4v) is 4.48. The van der Waals surface area contributed by atoms with Gasteiger partial charge >= 0.3 is 0 Å². The maximum atomic E-state index is 5.53. The van der Waals surface area contributed by atoms with Crippen molar-refractivity contribution in [3.63, 3.8) is 0 Å². The van der Waals surface area contributed by atoms with Crippen LogP contribution in [-0.4, -0.2) is 24.9 Å². The van der Waals surface area contributed by atoms with Gasteiger partial charge in [-0.1, -0.05) is 112 Å². The molecule has 0 saturated carbocycles. The normalized spacial score (nSPS) is 9.19. The molecular weight excluding hydrogens is 675 g/mol. The van der Waals surface area contributed by atoms with Gasteiger partial charge in [0, 0.05) is 54.1 Å². The molecule has 2 aromatic carbocycles. The molecule has 4 aromatic heterocycles. The second kappa shape index (κ2) is 23.7. The van der Waals surface area contributed by atoms with E-state index in [2.05, 4.69) is 54.4 Å². The van der Waals surface area contributed by atoms with Gasteiger partial charge in [-0.05, 0) is 42.0 Å². The summed E-state index contributed by atoms with van der Waals surface area (Å²) < 4.78 is 2.13. The Morgan fingerprint density at radius 1 is 0.562 bits per heavy atom. The second-order valence-corrected chi connectivity index (χ2v) is 10.5. The molecule has 0 aliphatic rings. The first-order chi connectivity index (χ1) is 22.1. The molecule has 0 bridgehead atoms. The molecule has 2 N–H and O–H groups in total. The van der Waals surface area contributed by atoms with E-state index in [9.17, 15) is 0 Å². The lowest BCUT2D eigenvalue weighted by molar-refractivity contribution is -0.688. The van der Waals surface area contributed by atoms with E-state index in [1.807, 2.05) is 109 Å². The summed E-state index contributed by atoms with van der Waals surface area (Å²) >= 11 is 16.1. The van der Waals surface area contributed by atoms with Gasteiger partial charge in [-0.15, -0.1) is 24.0 Å². The number of anilines is 2. The average molecular weight is 717 g/mol. The Bertz CT molecular complexity index is 1720. The summed E-state index contributed by atoms with van der Waals surface area (Å²) in [6, 6.07) is 39.4. The maximum Gasteiger partial charge on any atom is 0.173 e. The van der Waals surface area contributed by atoms with Gasteiger partial charge in [-0.3, -0.25) is 15.0 Å². The quantitative estimate of drug-likeness (QED) is 0.0970. The monoisotopic (exact) mass is 715 g/mol. The second-order valence-electron chi connectivity index (χ2n) is 9.44. The van der Waals surface area contributed by atoms with Crippen LogP contribution in [0.5, 0.6) is 0 Å². The van der Waals surface area contributed by atoms with Gasteiger partial charge in [0.25, 0.3) is 0 Å². The number of halogens is 2. The predicted molar refractivity (Wildman–Crippen MR) is 212 cm³/mol. The molecule has 6 nitrogen and oxygen atoms in total. The zero-order valence-corrected chi connectivity index (χ0v) is 28.0. The molecule has 0 atom stereocenters. The Morgan fingerprint density at radius 2 is 1.00 bits per heavy atom. The largest absolute Gasteiger partial charge is 0.345 e. The minimum absolute atomic E-state index is 0. The molecular formula is C38H41Cl2N6S2+. The molecule has 0 aliphatic carbocycles. The van der Waals surface area contributed by atoms with Crippen LogP contribution >= 0.6 is 48.4 Å². The number of nitrogens with one attached hydrogen (secondary N) is 2. The third-order valence-corrected chi connectivity index (χ3v) is 7.02. The smallest absolute Gasteiger partial charge is 0.173 e. The molecule has 4 heterocycles.